The lowest BCUT2D eigenvalue weighted by Crippen LogP contribution is -1.93. The van der Waals surface area contributed by atoms with E-state index in [1.807, 2.05) is 55.6 Å². The van der Waals surface area contributed by atoms with E-state index >= 15 is 0 Å². The quantitative estimate of drug-likeness (QED) is 0.520. The smallest absolute Gasteiger partial charge is 0.358 e. The summed E-state index contributed by atoms with van der Waals surface area (Å²) in [5, 5.41) is 11.2. The molecule has 94 valence electrons. The molecule has 19 heavy (non-hydrogen) atoms. The van der Waals surface area contributed by atoms with Crippen molar-refractivity contribution in [2.24, 2.45) is 0 Å². The first-order valence-electron chi connectivity index (χ1n) is 5.85. The monoisotopic (exact) mass is 253 g/mol. The number of aromatic nitrogens is 2. The van der Waals surface area contributed by atoms with Gasteiger partial charge in [0.25, 0.3) is 5.65 Å². The average Bonchev–Trinajstić information content (AvgIpc) is 2.78. The summed E-state index contributed by atoms with van der Waals surface area (Å²) in [6, 6.07) is 13.0. The molecule has 2 aromatic heterocycles. The fourth-order valence-electron chi connectivity index (χ4n) is 2.13. The topological polar surface area (TPSA) is 60.4 Å². The van der Waals surface area contributed by atoms with Gasteiger partial charge in [-0.2, -0.15) is 0 Å². The molecule has 1 aromatic carbocycles. The van der Waals surface area contributed by atoms with Crippen LogP contribution in [0.3, 0.4) is 0 Å². The Morgan fingerprint density at radius 1 is 1.21 bits per heavy atom. The first-order valence-corrected chi connectivity index (χ1v) is 5.85. The molecule has 3 rings (SSSR count). The summed E-state index contributed by atoms with van der Waals surface area (Å²) in [6.07, 6.45) is 1.81. The van der Waals surface area contributed by atoms with Gasteiger partial charge in [-0.3, -0.25) is 4.40 Å². The molecule has 0 aliphatic heterocycles. The van der Waals surface area contributed by atoms with Gasteiger partial charge in [-0.15, -0.1) is 0 Å². The number of rotatable bonds is 2. The maximum absolute atomic E-state index is 11.2. The number of imidazole rings is 1. The van der Waals surface area contributed by atoms with Crippen molar-refractivity contribution >= 4 is 11.5 Å². The lowest BCUT2D eigenvalue weighted by molar-refractivity contribution is -0.388. The third-order valence-electron chi connectivity index (χ3n) is 2.98. The largest absolute Gasteiger partial charge is 0.390 e. The van der Waals surface area contributed by atoms with Crippen LogP contribution in [0, 0.1) is 17.0 Å². The van der Waals surface area contributed by atoms with Gasteiger partial charge in [0.1, 0.15) is 0 Å². The Balaban J connectivity index is 2.38. The minimum absolute atomic E-state index is 0.114. The number of fused-ring (bicyclic) bond motifs is 1. The molecule has 3 aromatic rings. The molecule has 0 atom stereocenters. The van der Waals surface area contributed by atoms with Gasteiger partial charge in [0, 0.05) is 17.8 Å². The Kier molecular flexibility index (Phi) is 2.52. The molecule has 0 saturated carbocycles. The highest BCUT2D eigenvalue weighted by molar-refractivity contribution is 5.72. The van der Waals surface area contributed by atoms with Gasteiger partial charge in [0.15, 0.2) is 5.69 Å². The first-order chi connectivity index (χ1) is 9.16. The summed E-state index contributed by atoms with van der Waals surface area (Å²) in [5.74, 6) is -0.114. The first kappa shape index (κ1) is 11.4. The summed E-state index contributed by atoms with van der Waals surface area (Å²) in [5.41, 5.74) is 2.91. The predicted molar refractivity (Wildman–Crippen MR) is 72.0 cm³/mol. The van der Waals surface area contributed by atoms with E-state index in [9.17, 15) is 10.1 Å². The van der Waals surface area contributed by atoms with Gasteiger partial charge in [-0.05, 0) is 28.5 Å². The number of hydrogen-bond donors (Lipinski definition) is 0. The van der Waals surface area contributed by atoms with Crippen molar-refractivity contribution in [2.45, 2.75) is 6.92 Å². The standard InChI is InChI=1S/C14H11N3O2/c1-10-7-8-16-12(9-10)15-14(17(18)19)13(16)11-5-3-2-4-6-11/h2-9H,1H3. The lowest BCUT2D eigenvalue weighted by atomic mass is 10.1. The van der Waals surface area contributed by atoms with Crippen LogP contribution < -0.4 is 0 Å². The molecule has 5 nitrogen and oxygen atoms in total. The molecular formula is C14H11N3O2. The average molecular weight is 253 g/mol. The van der Waals surface area contributed by atoms with E-state index in [2.05, 4.69) is 4.98 Å². The van der Waals surface area contributed by atoms with Gasteiger partial charge in [-0.1, -0.05) is 30.3 Å². The van der Waals surface area contributed by atoms with Crippen LogP contribution >= 0.6 is 0 Å². The predicted octanol–water partition coefficient (Wildman–Crippen LogP) is 3.22. The van der Waals surface area contributed by atoms with E-state index in [0.717, 1.165) is 11.1 Å². The third kappa shape index (κ3) is 1.85. The number of hydrogen-bond acceptors (Lipinski definition) is 3. The molecule has 0 fully saturated rings. The summed E-state index contributed by atoms with van der Waals surface area (Å²) in [7, 11) is 0. The normalized spacial score (nSPS) is 10.8. The number of benzene rings is 1. The Bertz CT molecular complexity index is 763. The molecule has 2 heterocycles. The third-order valence-corrected chi connectivity index (χ3v) is 2.98. The molecule has 0 bridgehead atoms. The highest BCUT2D eigenvalue weighted by Gasteiger charge is 2.24. The van der Waals surface area contributed by atoms with Crippen molar-refractivity contribution in [3.63, 3.8) is 0 Å². The van der Waals surface area contributed by atoms with E-state index < -0.39 is 4.92 Å². The summed E-state index contributed by atoms with van der Waals surface area (Å²) in [6.45, 7) is 1.93. The molecule has 0 saturated heterocycles. The second kappa shape index (κ2) is 4.20. The van der Waals surface area contributed by atoms with Crippen molar-refractivity contribution in [1.29, 1.82) is 0 Å². The van der Waals surface area contributed by atoms with Crippen LogP contribution in [0.5, 0.6) is 0 Å². The van der Waals surface area contributed by atoms with Crippen molar-refractivity contribution in [3.05, 3.63) is 64.3 Å². The zero-order chi connectivity index (χ0) is 13.4. The summed E-state index contributed by atoms with van der Waals surface area (Å²) >= 11 is 0. The highest BCUT2D eigenvalue weighted by Crippen LogP contribution is 2.30. The van der Waals surface area contributed by atoms with Crippen LogP contribution in [0.25, 0.3) is 16.9 Å². The van der Waals surface area contributed by atoms with E-state index in [0.29, 0.717) is 11.3 Å². The van der Waals surface area contributed by atoms with Gasteiger partial charge in [0.2, 0.25) is 0 Å². The fourth-order valence-corrected chi connectivity index (χ4v) is 2.13. The van der Waals surface area contributed by atoms with E-state index in [1.54, 1.807) is 4.40 Å². The van der Waals surface area contributed by atoms with Crippen LogP contribution in [0.4, 0.5) is 5.82 Å². The number of pyridine rings is 1. The van der Waals surface area contributed by atoms with Crippen LogP contribution in [-0.4, -0.2) is 14.3 Å². The van der Waals surface area contributed by atoms with Gasteiger partial charge in [0.05, 0.1) is 0 Å². The summed E-state index contributed by atoms with van der Waals surface area (Å²) < 4.78 is 1.75. The second-order valence-corrected chi connectivity index (χ2v) is 4.34. The zero-order valence-electron chi connectivity index (χ0n) is 10.3. The van der Waals surface area contributed by atoms with E-state index in [1.165, 1.54) is 0 Å². The second-order valence-electron chi connectivity index (χ2n) is 4.34. The van der Waals surface area contributed by atoms with E-state index in [4.69, 9.17) is 0 Å². The SMILES string of the molecule is Cc1ccn2c(-c3ccccc3)c([N+](=O)[O-])nc2c1. The molecule has 0 unspecified atom stereocenters. The van der Waals surface area contributed by atoms with E-state index in [-0.39, 0.29) is 5.82 Å². The molecule has 0 amide bonds. The molecule has 0 radical (unpaired) electrons. The summed E-state index contributed by atoms with van der Waals surface area (Å²) in [4.78, 5) is 14.9. The van der Waals surface area contributed by atoms with Crippen LogP contribution in [0.2, 0.25) is 0 Å². The lowest BCUT2D eigenvalue weighted by Gasteiger charge is -2.01. The van der Waals surface area contributed by atoms with Gasteiger partial charge >= 0.3 is 5.82 Å². The Morgan fingerprint density at radius 3 is 2.63 bits per heavy atom. The molecular weight excluding hydrogens is 242 g/mol. The Hall–Kier alpha value is -2.69. The molecule has 5 heteroatoms. The number of nitro groups is 1. The molecule has 0 spiro atoms. The molecule has 0 aliphatic carbocycles. The minimum atomic E-state index is -0.440. The van der Waals surface area contributed by atoms with Crippen molar-refractivity contribution < 1.29 is 4.92 Å². The van der Waals surface area contributed by atoms with Crippen LogP contribution in [-0.2, 0) is 0 Å². The number of nitrogens with zero attached hydrogens (tertiary/aromatic N) is 3. The van der Waals surface area contributed by atoms with Crippen LogP contribution in [0.15, 0.2) is 48.7 Å². The fraction of sp³-hybridized carbons (Fsp3) is 0.0714. The van der Waals surface area contributed by atoms with Crippen molar-refractivity contribution in [1.82, 2.24) is 9.38 Å². The zero-order valence-corrected chi connectivity index (χ0v) is 10.3. The van der Waals surface area contributed by atoms with Gasteiger partial charge in [-0.25, -0.2) is 0 Å². The maximum Gasteiger partial charge on any atom is 0.390 e. The van der Waals surface area contributed by atoms with Crippen LogP contribution in [0.1, 0.15) is 5.56 Å². The van der Waals surface area contributed by atoms with Crippen molar-refractivity contribution in [3.8, 4) is 11.3 Å². The molecule has 0 N–H and O–H groups in total. The van der Waals surface area contributed by atoms with Crippen molar-refractivity contribution in [2.75, 3.05) is 0 Å². The Morgan fingerprint density at radius 2 is 1.95 bits per heavy atom. The Labute approximate surface area is 109 Å². The highest BCUT2D eigenvalue weighted by atomic mass is 16.6. The minimum Gasteiger partial charge on any atom is -0.358 e. The van der Waals surface area contributed by atoms with Gasteiger partial charge < -0.3 is 10.1 Å². The maximum atomic E-state index is 11.2. The number of aryl methyl sites for hydroxylation is 1. The molecule has 0 aliphatic rings.